The normalized spacial score (nSPS) is 12.2. The standard InChI is InChI=1S/C15H15BrCl2N2O/c1-19-14(15-13(18)7-10(17)8-20-15)6-9-5-11(21-2)3-4-12(9)16/h3-5,7-8,14,19H,6H2,1-2H3. The van der Waals surface area contributed by atoms with Crippen LogP contribution in [0.5, 0.6) is 5.75 Å². The highest BCUT2D eigenvalue weighted by Crippen LogP contribution is 2.30. The Kier molecular flexibility index (Phi) is 5.88. The molecule has 0 saturated carbocycles. The number of benzene rings is 1. The molecule has 0 saturated heterocycles. The van der Waals surface area contributed by atoms with Gasteiger partial charge >= 0.3 is 0 Å². The minimum absolute atomic E-state index is 0.0156. The van der Waals surface area contributed by atoms with E-state index < -0.39 is 0 Å². The summed E-state index contributed by atoms with van der Waals surface area (Å²) in [6, 6.07) is 7.57. The van der Waals surface area contributed by atoms with Gasteiger partial charge in [-0.1, -0.05) is 39.1 Å². The first-order valence-electron chi connectivity index (χ1n) is 6.35. The molecule has 0 aliphatic heterocycles. The summed E-state index contributed by atoms with van der Waals surface area (Å²) in [5.41, 5.74) is 1.89. The SMILES string of the molecule is CNC(Cc1cc(OC)ccc1Br)c1ncc(Cl)cc1Cl. The summed E-state index contributed by atoms with van der Waals surface area (Å²) in [7, 11) is 3.53. The van der Waals surface area contributed by atoms with Crippen LogP contribution < -0.4 is 10.1 Å². The molecule has 0 bridgehead atoms. The van der Waals surface area contributed by atoms with Crippen LogP contribution in [-0.4, -0.2) is 19.1 Å². The second-order valence-electron chi connectivity index (χ2n) is 4.52. The summed E-state index contributed by atoms with van der Waals surface area (Å²) in [4.78, 5) is 4.34. The molecule has 0 radical (unpaired) electrons. The van der Waals surface area contributed by atoms with Crippen LogP contribution in [0.3, 0.4) is 0 Å². The van der Waals surface area contributed by atoms with E-state index in [1.165, 1.54) is 0 Å². The number of ether oxygens (including phenoxy) is 1. The minimum atomic E-state index is -0.0156. The van der Waals surface area contributed by atoms with Crippen molar-refractivity contribution >= 4 is 39.1 Å². The number of pyridine rings is 1. The number of methoxy groups -OCH3 is 1. The van der Waals surface area contributed by atoms with Gasteiger partial charge in [0.05, 0.1) is 28.9 Å². The first-order chi connectivity index (χ1) is 10.0. The highest BCUT2D eigenvalue weighted by Gasteiger charge is 2.17. The quantitative estimate of drug-likeness (QED) is 0.807. The number of halogens is 3. The molecule has 0 aliphatic rings. The Labute approximate surface area is 142 Å². The largest absolute Gasteiger partial charge is 0.497 e. The van der Waals surface area contributed by atoms with E-state index in [9.17, 15) is 0 Å². The molecular weight excluding hydrogens is 375 g/mol. The van der Waals surface area contributed by atoms with Gasteiger partial charge in [0.2, 0.25) is 0 Å². The zero-order valence-electron chi connectivity index (χ0n) is 11.7. The summed E-state index contributed by atoms with van der Waals surface area (Å²) in [5, 5.41) is 4.33. The van der Waals surface area contributed by atoms with Crippen LogP contribution >= 0.6 is 39.1 Å². The maximum Gasteiger partial charge on any atom is 0.119 e. The van der Waals surface area contributed by atoms with Crippen molar-refractivity contribution in [3.8, 4) is 5.75 Å². The van der Waals surface area contributed by atoms with Crippen LogP contribution in [0.15, 0.2) is 34.9 Å². The lowest BCUT2D eigenvalue weighted by Gasteiger charge is -2.18. The molecule has 0 amide bonds. The van der Waals surface area contributed by atoms with Crippen LogP contribution in [-0.2, 0) is 6.42 Å². The number of aromatic nitrogens is 1. The first kappa shape index (κ1) is 16.6. The molecule has 21 heavy (non-hydrogen) atoms. The Hall–Kier alpha value is -0.810. The molecule has 3 nitrogen and oxygen atoms in total. The van der Waals surface area contributed by atoms with E-state index in [4.69, 9.17) is 27.9 Å². The van der Waals surface area contributed by atoms with Gasteiger partial charge in [-0.2, -0.15) is 0 Å². The number of hydrogen-bond donors (Lipinski definition) is 1. The zero-order valence-corrected chi connectivity index (χ0v) is 14.8. The molecule has 2 aromatic rings. The molecule has 1 heterocycles. The summed E-state index contributed by atoms with van der Waals surface area (Å²) in [5.74, 6) is 0.818. The van der Waals surface area contributed by atoms with Crippen molar-refractivity contribution in [3.05, 3.63) is 56.2 Å². The van der Waals surface area contributed by atoms with Crippen LogP contribution in [0, 0.1) is 0 Å². The topological polar surface area (TPSA) is 34.1 Å². The fraction of sp³-hybridized carbons (Fsp3) is 0.267. The minimum Gasteiger partial charge on any atom is -0.497 e. The fourth-order valence-corrected chi connectivity index (χ4v) is 2.99. The van der Waals surface area contributed by atoms with Gasteiger partial charge in [-0.05, 0) is 43.3 Å². The highest BCUT2D eigenvalue weighted by atomic mass is 79.9. The van der Waals surface area contributed by atoms with Crippen molar-refractivity contribution in [2.45, 2.75) is 12.5 Å². The molecule has 1 unspecified atom stereocenters. The molecule has 1 atom stereocenters. The average molecular weight is 390 g/mol. The molecule has 2 rings (SSSR count). The lowest BCUT2D eigenvalue weighted by atomic mass is 10.0. The third-order valence-electron chi connectivity index (χ3n) is 3.19. The van der Waals surface area contributed by atoms with Gasteiger partial charge in [0, 0.05) is 10.7 Å². The second-order valence-corrected chi connectivity index (χ2v) is 6.22. The van der Waals surface area contributed by atoms with Crippen molar-refractivity contribution in [1.29, 1.82) is 0 Å². The number of nitrogens with zero attached hydrogens (tertiary/aromatic N) is 1. The van der Waals surface area contributed by atoms with E-state index in [1.807, 2.05) is 25.2 Å². The van der Waals surface area contributed by atoms with Crippen molar-refractivity contribution in [3.63, 3.8) is 0 Å². The van der Waals surface area contributed by atoms with Gasteiger partial charge in [-0.15, -0.1) is 0 Å². The van der Waals surface area contributed by atoms with Crippen molar-refractivity contribution < 1.29 is 4.74 Å². The van der Waals surface area contributed by atoms with E-state index in [0.29, 0.717) is 10.0 Å². The van der Waals surface area contributed by atoms with E-state index in [-0.39, 0.29) is 6.04 Å². The third-order valence-corrected chi connectivity index (χ3v) is 4.47. The maximum absolute atomic E-state index is 6.24. The molecular formula is C15H15BrCl2N2O. The van der Waals surface area contributed by atoms with Crippen LogP contribution in [0.4, 0.5) is 0 Å². The van der Waals surface area contributed by atoms with Gasteiger partial charge in [0.25, 0.3) is 0 Å². The predicted octanol–water partition coefficient (Wildman–Crippen LogP) is 4.66. The molecule has 1 aromatic heterocycles. The van der Waals surface area contributed by atoms with E-state index >= 15 is 0 Å². The number of rotatable bonds is 5. The average Bonchev–Trinajstić information content (AvgIpc) is 2.47. The van der Waals surface area contributed by atoms with Gasteiger partial charge in [0.15, 0.2) is 0 Å². The molecule has 6 heteroatoms. The predicted molar refractivity (Wildman–Crippen MR) is 90.5 cm³/mol. The Morgan fingerprint density at radius 1 is 1.33 bits per heavy atom. The Bertz CT molecular complexity index is 637. The van der Waals surface area contributed by atoms with Gasteiger partial charge < -0.3 is 10.1 Å². The molecule has 1 N–H and O–H groups in total. The lowest BCUT2D eigenvalue weighted by molar-refractivity contribution is 0.413. The van der Waals surface area contributed by atoms with E-state index in [2.05, 4.69) is 26.2 Å². The maximum atomic E-state index is 6.24. The smallest absolute Gasteiger partial charge is 0.119 e. The van der Waals surface area contributed by atoms with E-state index in [0.717, 1.165) is 27.9 Å². The monoisotopic (exact) mass is 388 g/mol. The fourth-order valence-electron chi connectivity index (χ4n) is 2.07. The zero-order chi connectivity index (χ0) is 15.4. The highest BCUT2D eigenvalue weighted by molar-refractivity contribution is 9.10. The lowest BCUT2D eigenvalue weighted by Crippen LogP contribution is -2.20. The summed E-state index contributed by atoms with van der Waals surface area (Å²) in [6.45, 7) is 0. The first-order valence-corrected chi connectivity index (χ1v) is 7.90. The molecule has 0 fully saturated rings. The summed E-state index contributed by atoms with van der Waals surface area (Å²) < 4.78 is 6.29. The van der Waals surface area contributed by atoms with Gasteiger partial charge in [-0.3, -0.25) is 4.98 Å². The summed E-state index contributed by atoms with van der Waals surface area (Å²) >= 11 is 15.7. The van der Waals surface area contributed by atoms with Gasteiger partial charge in [-0.25, -0.2) is 0 Å². The Morgan fingerprint density at radius 2 is 2.10 bits per heavy atom. The molecule has 112 valence electrons. The number of likely N-dealkylation sites (N-methyl/N-ethyl adjacent to an activating group) is 1. The number of nitrogens with one attached hydrogen (secondary N) is 1. The van der Waals surface area contributed by atoms with E-state index in [1.54, 1.807) is 19.4 Å². The third kappa shape index (κ3) is 4.10. The van der Waals surface area contributed by atoms with Crippen LogP contribution in [0.2, 0.25) is 10.0 Å². The second kappa shape index (κ2) is 7.45. The van der Waals surface area contributed by atoms with Crippen LogP contribution in [0.25, 0.3) is 0 Å². The number of hydrogen-bond acceptors (Lipinski definition) is 3. The Morgan fingerprint density at radius 3 is 2.71 bits per heavy atom. The van der Waals surface area contributed by atoms with Crippen molar-refractivity contribution in [2.75, 3.05) is 14.2 Å². The summed E-state index contributed by atoms with van der Waals surface area (Å²) in [6.07, 6.45) is 2.33. The van der Waals surface area contributed by atoms with Gasteiger partial charge in [0.1, 0.15) is 5.75 Å². The van der Waals surface area contributed by atoms with Crippen molar-refractivity contribution in [1.82, 2.24) is 10.3 Å². The molecule has 0 aliphatic carbocycles. The molecule has 0 spiro atoms. The molecule has 1 aromatic carbocycles. The Balaban J connectivity index is 2.30. The van der Waals surface area contributed by atoms with Crippen LogP contribution in [0.1, 0.15) is 17.3 Å². The van der Waals surface area contributed by atoms with Crippen molar-refractivity contribution in [2.24, 2.45) is 0 Å².